The first-order valence-electron chi connectivity index (χ1n) is 5.33. The molecule has 0 radical (unpaired) electrons. The lowest BCUT2D eigenvalue weighted by Gasteiger charge is -2.35. The summed E-state index contributed by atoms with van der Waals surface area (Å²) in [5, 5.41) is 0. The minimum absolute atomic E-state index is 0.0155. The molecule has 1 saturated heterocycles. The normalized spacial score (nSPS) is 42.0. The van der Waals surface area contributed by atoms with Crippen LogP contribution in [0.15, 0.2) is 0 Å². The number of rotatable bonds is 0. The molecule has 2 rings (SSSR count). The summed E-state index contributed by atoms with van der Waals surface area (Å²) in [6, 6.07) is 0.295. The van der Waals surface area contributed by atoms with E-state index in [0.29, 0.717) is 19.0 Å². The third-order valence-electron chi connectivity index (χ3n) is 3.76. The van der Waals surface area contributed by atoms with Crippen molar-refractivity contribution in [2.24, 2.45) is 5.41 Å². The average molecular weight is 203 g/mol. The van der Waals surface area contributed by atoms with E-state index >= 15 is 0 Å². The van der Waals surface area contributed by atoms with E-state index in [4.69, 9.17) is 0 Å². The van der Waals surface area contributed by atoms with Gasteiger partial charge in [0.25, 0.3) is 5.92 Å². The highest BCUT2D eigenvalue weighted by Gasteiger charge is 2.74. The monoisotopic (exact) mass is 203 g/mol. The lowest BCUT2D eigenvalue weighted by Crippen LogP contribution is -2.43. The summed E-state index contributed by atoms with van der Waals surface area (Å²) in [5.74, 6) is -2.39. The molecule has 0 aromatic rings. The Morgan fingerprint density at radius 3 is 2.00 bits per heavy atom. The van der Waals surface area contributed by atoms with Crippen LogP contribution in [-0.4, -0.2) is 28.9 Å². The summed E-state index contributed by atoms with van der Waals surface area (Å²) in [6.07, 6.45) is 0.772. The molecule has 0 aromatic heterocycles. The molecular weight excluding hydrogens is 184 g/mol. The molecule has 0 bridgehead atoms. The number of halogens is 2. The number of alkyl halides is 2. The van der Waals surface area contributed by atoms with Crippen molar-refractivity contribution in [3.63, 3.8) is 0 Å². The van der Waals surface area contributed by atoms with Gasteiger partial charge in [-0.1, -0.05) is 0 Å². The first-order chi connectivity index (χ1) is 6.18. The second-order valence-corrected chi connectivity index (χ2v) is 6.01. The standard InChI is InChI=1S/C11H19F2N/c1-8-5-10(6-11(10,12)13)7-14(8)9(2,3)4/h8H,5-7H2,1-4H3/t8-,10?/m0/s1. The van der Waals surface area contributed by atoms with Gasteiger partial charge in [-0.25, -0.2) is 8.78 Å². The minimum atomic E-state index is -2.39. The van der Waals surface area contributed by atoms with Gasteiger partial charge >= 0.3 is 0 Å². The maximum Gasteiger partial charge on any atom is 0.255 e. The Morgan fingerprint density at radius 2 is 1.79 bits per heavy atom. The average Bonchev–Trinajstić information content (AvgIpc) is 2.34. The molecule has 2 atom stereocenters. The summed E-state index contributed by atoms with van der Waals surface area (Å²) in [7, 11) is 0. The van der Waals surface area contributed by atoms with Gasteiger partial charge in [0.2, 0.25) is 0 Å². The van der Waals surface area contributed by atoms with Gasteiger partial charge in [-0.15, -0.1) is 0 Å². The molecule has 0 aromatic carbocycles. The molecule has 0 amide bonds. The molecule has 14 heavy (non-hydrogen) atoms. The summed E-state index contributed by atoms with van der Waals surface area (Å²) < 4.78 is 26.4. The Kier molecular flexibility index (Phi) is 1.84. The molecular formula is C11H19F2N. The van der Waals surface area contributed by atoms with Crippen LogP contribution < -0.4 is 0 Å². The van der Waals surface area contributed by atoms with E-state index in [2.05, 4.69) is 32.6 Å². The van der Waals surface area contributed by atoms with E-state index in [9.17, 15) is 8.78 Å². The van der Waals surface area contributed by atoms with E-state index in [0.717, 1.165) is 0 Å². The highest BCUT2D eigenvalue weighted by Crippen LogP contribution is 2.66. The largest absolute Gasteiger partial charge is 0.295 e. The van der Waals surface area contributed by atoms with Crippen molar-refractivity contribution in [2.75, 3.05) is 6.54 Å². The molecule has 2 fully saturated rings. The molecule has 82 valence electrons. The van der Waals surface area contributed by atoms with E-state index in [1.165, 1.54) is 0 Å². The van der Waals surface area contributed by atoms with Crippen LogP contribution in [-0.2, 0) is 0 Å². The van der Waals surface area contributed by atoms with Gasteiger partial charge in [0.15, 0.2) is 0 Å². The Morgan fingerprint density at radius 1 is 1.29 bits per heavy atom. The second-order valence-electron chi connectivity index (χ2n) is 6.01. The fourth-order valence-electron chi connectivity index (χ4n) is 2.89. The Hall–Kier alpha value is -0.180. The number of likely N-dealkylation sites (tertiary alicyclic amines) is 1. The Bertz CT molecular complexity index is 257. The molecule has 1 nitrogen and oxygen atoms in total. The van der Waals surface area contributed by atoms with Crippen molar-refractivity contribution < 1.29 is 8.78 Å². The highest BCUT2D eigenvalue weighted by molar-refractivity contribution is 5.17. The first-order valence-corrected chi connectivity index (χ1v) is 5.33. The van der Waals surface area contributed by atoms with Gasteiger partial charge in [0.05, 0.1) is 5.41 Å². The summed E-state index contributed by atoms with van der Waals surface area (Å²) in [5.41, 5.74) is -0.652. The third-order valence-corrected chi connectivity index (χ3v) is 3.76. The van der Waals surface area contributed by atoms with Crippen molar-refractivity contribution in [1.82, 2.24) is 4.90 Å². The predicted molar refractivity (Wildman–Crippen MR) is 52.5 cm³/mol. The van der Waals surface area contributed by atoms with Gasteiger partial charge in [-0.05, 0) is 34.1 Å². The molecule has 3 heteroatoms. The second kappa shape index (κ2) is 2.49. The van der Waals surface area contributed by atoms with Gasteiger partial charge in [-0.2, -0.15) is 0 Å². The number of hydrogen-bond acceptors (Lipinski definition) is 1. The highest BCUT2D eigenvalue weighted by atomic mass is 19.3. The topological polar surface area (TPSA) is 3.24 Å². The predicted octanol–water partition coefficient (Wildman–Crippen LogP) is 2.90. The minimum Gasteiger partial charge on any atom is -0.295 e. The Balaban J connectivity index is 2.14. The van der Waals surface area contributed by atoms with Crippen molar-refractivity contribution in [3.8, 4) is 0 Å². The van der Waals surface area contributed by atoms with Crippen LogP contribution in [0, 0.1) is 5.41 Å². The first kappa shape index (κ1) is 10.3. The molecule has 1 aliphatic carbocycles. The van der Waals surface area contributed by atoms with Crippen molar-refractivity contribution in [3.05, 3.63) is 0 Å². The number of hydrogen-bond donors (Lipinski definition) is 0. The molecule has 2 aliphatic rings. The quantitative estimate of drug-likeness (QED) is 0.585. The van der Waals surface area contributed by atoms with E-state index in [1.807, 2.05) is 0 Å². The molecule has 1 saturated carbocycles. The molecule has 1 aliphatic heterocycles. The van der Waals surface area contributed by atoms with Gasteiger partial charge in [0, 0.05) is 24.5 Å². The molecule has 1 heterocycles. The summed E-state index contributed by atoms with van der Waals surface area (Å²) in [4.78, 5) is 2.22. The van der Waals surface area contributed by atoms with Gasteiger partial charge < -0.3 is 0 Å². The summed E-state index contributed by atoms with van der Waals surface area (Å²) in [6.45, 7) is 8.94. The van der Waals surface area contributed by atoms with Crippen LogP contribution in [0.2, 0.25) is 0 Å². The third kappa shape index (κ3) is 1.28. The van der Waals surface area contributed by atoms with Crippen molar-refractivity contribution in [2.45, 2.75) is 58.0 Å². The van der Waals surface area contributed by atoms with E-state index in [-0.39, 0.29) is 12.0 Å². The van der Waals surface area contributed by atoms with E-state index < -0.39 is 11.3 Å². The van der Waals surface area contributed by atoms with Gasteiger partial charge in [0.1, 0.15) is 0 Å². The van der Waals surface area contributed by atoms with Gasteiger partial charge in [-0.3, -0.25) is 4.90 Å². The smallest absolute Gasteiger partial charge is 0.255 e. The maximum absolute atomic E-state index is 13.2. The van der Waals surface area contributed by atoms with Crippen LogP contribution >= 0.6 is 0 Å². The fourth-order valence-corrected chi connectivity index (χ4v) is 2.89. The van der Waals surface area contributed by atoms with Crippen molar-refractivity contribution >= 4 is 0 Å². The zero-order chi connectivity index (χ0) is 10.8. The van der Waals surface area contributed by atoms with Crippen LogP contribution in [0.3, 0.4) is 0 Å². The zero-order valence-electron chi connectivity index (χ0n) is 9.40. The summed E-state index contributed by atoms with van der Waals surface area (Å²) >= 11 is 0. The molecule has 0 N–H and O–H groups in total. The van der Waals surface area contributed by atoms with Crippen LogP contribution in [0.5, 0.6) is 0 Å². The van der Waals surface area contributed by atoms with Crippen LogP contribution in [0.1, 0.15) is 40.5 Å². The fraction of sp³-hybridized carbons (Fsp3) is 1.00. The van der Waals surface area contributed by atoms with E-state index in [1.54, 1.807) is 0 Å². The lowest BCUT2D eigenvalue weighted by atomic mass is 10.0. The number of nitrogens with zero attached hydrogens (tertiary/aromatic N) is 1. The van der Waals surface area contributed by atoms with Crippen LogP contribution in [0.25, 0.3) is 0 Å². The maximum atomic E-state index is 13.2. The lowest BCUT2D eigenvalue weighted by molar-refractivity contribution is 0.0592. The SMILES string of the molecule is C[C@H]1CC2(CN1C(C)(C)C)CC2(F)F. The zero-order valence-corrected chi connectivity index (χ0v) is 9.40. The van der Waals surface area contributed by atoms with Crippen molar-refractivity contribution in [1.29, 1.82) is 0 Å². The molecule has 1 unspecified atom stereocenters. The molecule has 1 spiro atoms. The van der Waals surface area contributed by atoms with Crippen LogP contribution in [0.4, 0.5) is 8.78 Å². The Labute approximate surface area is 84.5 Å².